The Morgan fingerprint density at radius 2 is 1.72 bits per heavy atom. The van der Waals surface area contributed by atoms with Crippen LogP contribution in [0.4, 0.5) is 0 Å². The number of hydrogen-bond acceptors (Lipinski definition) is 7. The summed E-state index contributed by atoms with van der Waals surface area (Å²) in [6, 6.07) is 0. The van der Waals surface area contributed by atoms with E-state index in [1.807, 2.05) is 0 Å². The average molecular weight is 363 g/mol. The van der Waals surface area contributed by atoms with Gasteiger partial charge < -0.3 is 0 Å². The predicted molar refractivity (Wildman–Crippen MR) is 55.8 cm³/mol. The molecule has 0 aliphatic carbocycles. The normalized spacial score (nSPS) is 17.8. The molecule has 0 saturated heterocycles. The monoisotopic (exact) mass is 364 g/mol. The zero-order valence-electron chi connectivity index (χ0n) is 9.11. The number of carboxylic acid groups (broad SMARTS) is 1. The van der Waals surface area contributed by atoms with Crippen LogP contribution in [0.5, 0.6) is 0 Å². The van der Waals surface area contributed by atoms with Gasteiger partial charge in [0.05, 0.1) is 0 Å². The summed E-state index contributed by atoms with van der Waals surface area (Å²) >= 11 is -4.60. The van der Waals surface area contributed by atoms with E-state index in [1.165, 1.54) is 4.94 Å². The summed E-state index contributed by atoms with van der Waals surface area (Å²) in [6.45, 7) is 0. The van der Waals surface area contributed by atoms with Crippen LogP contribution in [0.2, 0.25) is 4.94 Å². The van der Waals surface area contributed by atoms with Crippen LogP contribution < -0.4 is 0 Å². The molecule has 8 nitrogen and oxygen atoms in total. The van der Waals surface area contributed by atoms with Gasteiger partial charge in [0.1, 0.15) is 0 Å². The van der Waals surface area contributed by atoms with Crippen molar-refractivity contribution in [3.05, 3.63) is 24.3 Å². The van der Waals surface area contributed by atoms with E-state index in [9.17, 15) is 19.2 Å². The zero-order chi connectivity index (χ0) is 13.8. The molecule has 0 aromatic carbocycles. The third kappa shape index (κ3) is 4.57. The maximum absolute atomic E-state index is 11.2. The Labute approximate surface area is 106 Å². The van der Waals surface area contributed by atoms with Crippen molar-refractivity contribution in [1.29, 1.82) is 0 Å². The second-order valence-electron chi connectivity index (χ2n) is 3.13. The summed E-state index contributed by atoms with van der Waals surface area (Å²) in [7, 11) is 0. The Kier molecular flexibility index (Phi) is 4.48. The number of carbonyl (C=O) groups is 4. The average Bonchev–Trinajstić information content (AvgIpc) is 2.34. The molecule has 0 spiro atoms. The molecular weight excluding hydrogens is 355 g/mol. The van der Waals surface area contributed by atoms with Gasteiger partial charge >= 0.3 is 106 Å². The van der Waals surface area contributed by atoms with Crippen LogP contribution in [0.1, 0.15) is 0 Å². The van der Waals surface area contributed by atoms with Gasteiger partial charge in [0.2, 0.25) is 0 Å². The Morgan fingerprint density at radius 3 is 2.17 bits per heavy atom. The second kappa shape index (κ2) is 5.67. The molecule has 0 radical (unpaired) electrons. The van der Waals surface area contributed by atoms with E-state index in [-0.39, 0.29) is 0 Å². The van der Waals surface area contributed by atoms with E-state index in [2.05, 4.69) is 0 Å². The SMILES string of the molecule is [CH3][Sn]1([O]C(=O)/C=C\C(=O)O)[O]C(=O)C=CC(=O)[O]1. The van der Waals surface area contributed by atoms with E-state index >= 15 is 0 Å². The molecule has 0 fully saturated rings. The van der Waals surface area contributed by atoms with Crippen molar-refractivity contribution in [3.63, 3.8) is 0 Å². The van der Waals surface area contributed by atoms with Crippen molar-refractivity contribution in [3.8, 4) is 0 Å². The fourth-order valence-corrected chi connectivity index (χ4v) is 5.06. The van der Waals surface area contributed by atoms with Gasteiger partial charge in [-0.15, -0.1) is 0 Å². The molecule has 0 aromatic heterocycles. The van der Waals surface area contributed by atoms with Gasteiger partial charge in [-0.1, -0.05) is 0 Å². The van der Waals surface area contributed by atoms with Crippen LogP contribution in [0.25, 0.3) is 0 Å². The number of hydrogen-bond donors (Lipinski definition) is 1. The zero-order valence-corrected chi connectivity index (χ0v) is 12.0. The summed E-state index contributed by atoms with van der Waals surface area (Å²) in [5, 5.41) is 8.30. The fourth-order valence-electron chi connectivity index (χ4n) is 0.988. The Hall–Kier alpha value is -1.84. The van der Waals surface area contributed by atoms with Crippen LogP contribution in [-0.2, 0) is 28.4 Å². The topological polar surface area (TPSA) is 116 Å². The first-order chi connectivity index (χ1) is 8.31. The third-order valence-corrected chi connectivity index (χ3v) is 6.47. The van der Waals surface area contributed by atoms with Gasteiger partial charge in [0.15, 0.2) is 0 Å². The molecule has 0 saturated carbocycles. The fraction of sp³-hybridized carbons (Fsp3) is 0.111. The molecule has 18 heavy (non-hydrogen) atoms. The molecule has 96 valence electrons. The third-order valence-electron chi connectivity index (χ3n) is 1.58. The first-order valence-corrected chi connectivity index (χ1v) is 10.9. The minimum absolute atomic E-state index is 0.552. The first-order valence-electron chi connectivity index (χ1n) is 4.59. The summed E-state index contributed by atoms with van der Waals surface area (Å²) in [4.78, 5) is 44.8. The number of aliphatic carboxylic acids is 1. The van der Waals surface area contributed by atoms with Crippen molar-refractivity contribution >= 4 is 43.5 Å². The number of carboxylic acids is 1. The van der Waals surface area contributed by atoms with Gasteiger partial charge in [-0.25, -0.2) is 0 Å². The Morgan fingerprint density at radius 1 is 1.22 bits per heavy atom. The first kappa shape index (κ1) is 14.2. The van der Waals surface area contributed by atoms with Gasteiger partial charge in [-0.2, -0.15) is 0 Å². The van der Waals surface area contributed by atoms with Crippen molar-refractivity contribution in [2.45, 2.75) is 4.94 Å². The Bertz CT molecular complexity index is 443. The van der Waals surface area contributed by atoms with E-state index in [1.54, 1.807) is 0 Å². The quantitative estimate of drug-likeness (QED) is 0.522. The molecule has 1 aliphatic heterocycles. The van der Waals surface area contributed by atoms with Crippen molar-refractivity contribution in [2.24, 2.45) is 0 Å². The minimum atomic E-state index is -4.60. The molecule has 1 rings (SSSR count). The molecule has 0 unspecified atom stereocenters. The van der Waals surface area contributed by atoms with Gasteiger partial charge in [0.25, 0.3) is 0 Å². The predicted octanol–water partition coefficient (Wildman–Crippen LogP) is -0.605. The van der Waals surface area contributed by atoms with Crippen LogP contribution in [-0.4, -0.2) is 48.6 Å². The second-order valence-corrected chi connectivity index (χ2v) is 9.80. The summed E-state index contributed by atoms with van der Waals surface area (Å²) in [6.07, 6.45) is 2.89. The van der Waals surface area contributed by atoms with Crippen molar-refractivity contribution in [2.75, 3.05) is 0 Å². The van der Waals surface area contributed by atoms with E-state index in [0.717, 1.165) is 12.2 Å². The molecule has 1 aliphatic rings. The molecule has 9 heteroatoms. The standard InChI is InChI=1S/2C4H4O4.CH3.Sn/c2*5-3(6)1-2-4(7)8;;/h2*1-2H,(H,5,6)(H,7,8);1H3;/q;;;+3/p-3/b2-1-;;;. The maximum atomic E-state index is 11.2. The van der Waals surface area contributed by atoms with E-state index in [4.69, 9.17) is 14.3 Å². The van der Waals surface area contributed by atoms with Gasteiger partial charge in [-0.3, -0.25) is 0 Å². The van der Waals surface area contributed by atoms with Gasteiger partial charge in [-0.05, 0) is 0 Å². The molecule has 1 heterocycles. The molecular formula is C9H8O8Sn. The van der Waals surface area contributed by atoms with Gasteiger partial charge in [0, 0.05) is 0 Å². The molecule has 1 N–H and O–H groups in total. The van der Waals surface area contributed by atoms with E-state index in [0.29, 0.717) is 12.2 Å². The summed E-state index contributed by atoms with van der Waals surface area (Å²) in [5.74, 6) is -4.11. The molecule has 0 amide bonds. The van der Waals surface area contributed by atoms with Crippen molar-refractivity contribution in [1.82, 2.24) is 0 Å². The van der Waals surface area contributed by atoms with Crippen molar-refractivity contribution < 1.29 is 33.5 Å². The summed E-state index contributed by atoms with van der Waals surface area (Å²) < 4.78 is 14.3. The van der Waals surface area contributed by atoms with Crippen LogP contribution in [0.15, 0.2) is 24.3 Å². The molecule has 0 aromatic rings. The number of carbonyl (C=O) groups excluding carboxylic acids is 3. The summed E-state index contributed by atoms with van der Waals surface area (Å²) in [5.41, 5.74) is 0. The van der Waals surface area contributed by atoms with Crippen LogP contribution in [0, 0.1) is 0 Å². The van der Waals surface area contributed by atoms with Crippen LogP contribution in [0.3, 0.4) is 0 Å². The Balaban J connectivity index is 2.75. The molecule has 0 atom stereocenters. The molecule has 0 bridgehead atoms. The van der Waals surface area contributed by atoms with Crippen LogP contribution >= 0.6 is 0 Å². The van der Waals surface area contributed by atoms with E-state index < -0.39 is 43.5 Å². The number of rotatable bonds is 3.